The maximum atomic E-state index is 13.6. The molecule has 182 valence electrons. The van der Waals surface area contributed by atoms with Crippen molar-refractivity contribution in [2.24, 2.45) is 17.8 Å². The third kappa shape index (κ3) is 4.40. The standard InChI is InChI=1S/C23H21ClF3NO5S/c1-33-23(30)14-6-11-2-3-12(7-14)21(11)34(31,32)19-8-13(4-5-16(19)24)22(29)28-15-9-17(25)20(27)18(26)10-15/h4-5,8-12,14,21H,2-3,6-7H2,1H3,(H,28,29)/t11-,12?,14?,21?/m0/s1. The van der Waals surface area contributed by atoms with E-state index >= 15 is 0 Å². The summed E-state index contributed by atoms with van der Waals surface area (Å²) in [7, 11) is -2.66. The summed E-state index contributed by atoms with van der Waals surface area (Å²) in [4.78, 5) is 24.4. The van der Waals surface area contributed by atoms with Gasteiger partial charge in [-0.15, -0.1) is 0 Å². The van der Waals surface area contributed by atoms with Gasteiger partial charge in [-0.05, 0) is 55.7 Å². The van der Waals surface area contributed by atoms with Crippen molar-refractivity contribution in [3.05, 3.63) is 58.4 Å². The number of hydrogen-bond acceptors (Lipinski definition) is 5. The maximum absolute atomic E-state index is 13.6. The van der Waals surface area contributed by atoms with Crippen molar-refractivity contribution in [3.63, 3.8) is 0 Å². The number of methoxy groups -OCH3 is 1. The summed E-state index contributed by atoms with van der Waals surface area (Å²) in [6.07, 6.45) is 2.10. The van der Waals surface area contributed by atoms with E-state index in [0.29, 0.717) is 37.8 Å². The Kier molecular flexibility index (Phi) is 6.65. The minimum absolute atomic E-state index is 0.0649. The molecule has 0 aliphatic heterocycles. The number of anilines is 1. The fraction of sp³-hybridized carbons (Fsp3) is 0.391. The predicted octanol–water partition coefficient (Wildman–Crippen LogP) is 4.76. The number of benzene rings is 2. The second-order valence-corrected chi connectivity index (χ2v) is 11.1. The molecule has 0 heterocycles. The highest BCUT2D eigenvalue weighted by Gasteiger charge is 2.51. The molecule has 4 rings (SSSR count). The van der Waals surface area contributed by atoms with Gasteiger partial charge in [0.25, 0.3) is 5.91 Å². The predicted molar refractivity (Wildman–Crippen MR) is 118 cm³/mol. The van der Waals surface area contributed by atoms with Gasteiger partial charge in [0.2, 0.25) is 0 Å². The number of ether oxygens (including phenoxy) is 1. The first-order valence-electron chi connectivity index (χ1n) is 10.6. The fourth-order valence-electron chi connectivity index (χ4n) is 5.18. The number of halogens is 4. The topological polar surface area (TPSA) is 89.5 Å². The molecule has 2 fully saturated rings. The van der Waals surface area contributed by atoms with Crippen LogP contribution in [0.2, 0.25) is 5.02 Å². The van der Waals surface area contributed by atoms with Crippen LogP contribution in [-0.2, 0) is 19.4 Å². The van der Waals surface area contributed by atoms with Crippen LogP contribution in [-0.4, -0.2) is 32.7 Å². The van der Waals surface area contributed by atoms with Crippen molar-refractivity contribution < 1.29 is 35.9 Å². The Morgan fingerprint density at radius 2 is 1.62 bits per heavy atom. The van der Waals surface area contributed by atoms with Gasteiger partial charge in [0, 0.05) is 23.4 Å². The molecule has 0 aromatic heterocycles. The number of amides is 1. The summed E-state index contributed by atoms with van der Waals surface area (Å²) < 4.78 is 72.1. The van der Waals surface area contributed by atoms with Crippen molar-refractivity contribution in [3.8, 4) is 0 Å². The summed E-state index contributed by atoms with van der Waals surface area (Å²) in [6, 6.07) is 4.88. The lowest BCUT2D eigenvalue weighted by Gasteiger charge is -2.33. The van der Waals surface area contributed by atoms with Crippen LogP contribution in [0, 0.1) is 35.2 Å². The lowest BCUT2D eigenvalue weighted by atomic mass is 9.80. The van der Waals surface area contributed by atoms with Gasteiger partial charge in [0.05, 0.1) is 28.2 Å². The average Bonchev–Trinajstić information content (AvgIpc) is 3.07. The smallest absolute Gasteiger partial charge is 0.308 e. The van der Waals surface area contributed by atoms with Crippen molar-refractivity contribution >= 4 is 39.0 Å². The monoisotopic (exact) mass is 515 g/mol. The summed E-state index contributed by atoms with van der Waals surface area (Å²) in [6.45, 7) is 0. The molecule has 2 aliphatic rings. The van der Waals surface area contributed by atoms with E-state index in [0.717, 1.165) is 6.07 Å². The molecule has 3 unspecified atom stereocenters. The number of nitrogens with one attached hydrogen (secondary N) is 1. The van der Waals surface area contributed by atoms with E-state index < -0.39 is 38.4 Å². The normalized spacial score (nSPS) is 24.0. The van der Waals surface area contributed by atoms with E-state index in [4.69, 9.17) is 16.3 Å². The van der Waals surface area contributed by atoms with Crippen LogP contribution in [0.1, 0.15) is 36.0 Å². The maximum Gasteiger partial charge on any atom is 0.308 e. The highest BCUT2D eigenvalue weighted by Crippen LogP contribution is 2.50. The third-order valence-electron chi connectivity index (χ3n) is 6.65. The molecule has 0 saturated heterocycles. The molecule has 2 aromatic rings. The molecule has 6 nitrogen and oxygen atoms in total. The molecular weight excluding hydrogens is 495 g/mol. The lowest BCUT2D eigenvalue weighted by Crippen LogP contribution is -2.39. The van der Waals surface area contributed by atoms with Crippen LogP contribution >= 0.6 is 11.6 Å². The second kappa shape index (κ2) is 9.22. The van der Waals surface area contributed by atoms with E-state index in [1.54, 1.807) is 0 Å². The Morgan fingerprint density at radius 3 is 2.18 bits per heavy atom. The first-order valence-corrected chi connectivity index (χ1v) is 12.5. The Hall–Kier alpha value is -2.59. The molecule has 0 radical (unpaired) electrons. The number of carbonyl (C=O) groups excluding carboxylic acids is 2. The Labute approximate surface area is 199 Å². The second-order valence-electron chi connectivity index (χ2n) is 8.65. The van der Waals surface area contributed by atoms with Gasteiger partial charge in [0.15, 0.2) is 27.3 Å². The van der Waals surface area contributed by atoms with Crippen molar-refractivity contribution in [2.75, 3.05) is 12.4 Å². The number of hydrogen-bond donors (Lipinski definition) is 1. The summed E-state index contributed by atoms with van der Waals surface area (Å²) in [5, 5.41) is 1.41. The van der Waals surface area contributed by atoms with Crippen LogP contribution in [0.25, 0.3) is 0 Å². The van der Waals surface area contributed by atoms with Gasteiger partial charge in [-0.3, -0.25) is 9.59 Å². The number of esters is 1. The van der Waals surface area contributed by atoms with E-state index in [1.165, 1.54) is 19.2 Å². The molecule has 11 heteroatoms. The van der Waals surface area contributed by atoms with Crippen LogP contribution in [0.15, 0.2) is 35.2 Å². The first kappa shape index (κ1) is 24.5. The lowest BCUT2D eigenvalue weighted by molar-refractivity contribution is -0.147. The Balaban J connectivity index is 1.61. The molecule has 4 atom stereocenters. The molecule has 0 spiro atoms. The average molecular weight is 516 g/mol. The van der Waals surface area contributed by atoms with Crippen LogP contribution < -0.4 is 5.32 Å². The number of sulfone groups is 1. The van der Waals surface area contributed by atoms with Crippen LogP contribution in [0.5, 0.6) is 0 Å². The highest BCUT2D eigenvalue weighted by atomic mass is 35.5. The van der Waals surface area contributed by atoms with E-state index in [2.05, 4.69) is 5.32 Å². The zero-order valence-corrected chi connectivity index (χ0v) is 19.6. The van der Waals surface area contributed by atoms with Gasteiger partial charge in [0.1, 0.15) is 0 Å². The van der Waals surface area contributed by atoms with Crippen molar-refractivity contribution in [1.82, 2.24) is 0 Å². The molecule has 1 N–H and O–H groups in total. The molecule has 2 saturated carbocycles. The third-order valence-corrected chi connectivity index (χ3v) is 9.53. The molecule has 2 aliphatic carbocycles. The van der Waals surface area contributed by atoms with Gasteiger partial charge in [-0.1, -0.05) is 11.6 Å². The summed E-state index contributed by atoms with van der Waals surface area (Å²) in [5.74, 6) is -6.67. The summed E-state index contributed by atoms with van der Waals surface area (Å²) in [5.41, 5.74) is -0.441. The van der Waals surface area contributed by atoms with Crippen LogP contribution in [0.3, 0.4) is 0 Å². The van der Waals surface area contributed by atoms with Crippen molar-refractivity contribution in [2.45, 2.75) is 35.8 Å². The number of fused-ring (bicyclic) bond motifs is 2. The Morgan fingerprint density at radius 1 is 1.03 bits per heavy atom. The summed E-state index contributed by atoms with van der Waals surface area (Å²) >= 11 is 6.22. The fourth-order valence-corrected chi connectivity index (χ4v) is 8.05. The van der Waals surface area contributed by atoms with Gasteiger partial charge < -0.3 is 10.1 Å². The zero-order valence-electron chi connectivity index (χ0n) is 18.0. The van der Waals surface area contributed by atoms with Gasteiger partial charge >= 0.3 is 5.97 Å². The van der Waals surface area contributed by atoms with E-state index in [1.807, 2.05) is 0 Å². The highest BCUT2D eigenvalue weighted by molar-refractivity contribution is 7.92. The number of carbonyl (C=O) groups is 2. The van der Waals surface area contributed by atoms with E-state index in [9.17, 15) is 31.2 Å². The molecule has 34 heavy (non-hydrogen) atoms. The molecule has 2 aromatic carbocycles. The first-order chi connectivity index (χ1) is 16.0. The van der Waals surface area contributed by atoms with Gasteiger partial charge in [-0.25, -0.2) is 21.6 Å². The molecular formula is C23H21ClF3NO5S. The number of rotatable bonds is 5. The minimum atomic E-state index is -3.97. The van der Waals surface area contributed by atoms with E-state index in [-0.39, 0.29) is 44.9 Å². The zero-order chi connectivity index (χ0) is 24.8. The largest absolute Gasteiger partial charge is 0.469 e. The van der Waals surface area contributed by atoms with Crippen LogP contribution in [0.4, 0.5) is 18.9 Å². The molecule has 2 bridgehead atoms. The van der Waals surface area contributed by atoms with Gasteiger partial charge in [-0.2, -0.15) is 0 Å². The molecule has 1 amide bonds. The quantitative estimate of drug-likeness (QED) is 0.458. The van der Waals surface area contributed by atoms with Crippen molar-refractivity contribution in [1.29, 1.82) is 0 Å². The Bertz CT molecular complexity index is 1230. The SMILES string of the molecule is COC(=O)C1CC2CC[C@@H](C1)C2S(=O)(=O)c1cc(C(=O)Nc2cc(F)c(F)c(F)c2)ccc1Cl. The minimum Gasteiger partial charge on any atom is -0.469 e.